The highest BCUT2D eigenvalue weighted by Crippen LogP contribution is 2.27. The predicted octanol–water partition coefficient (Wildman–Crippen LogP) is 3.11. The van der Waals surface area contributed by atoms with Gasteiger partial charge in [-0.2, -0.15) is 11.8 Å². The summed E-state index contributed by atoms with van der Waals surface area (Å²) in [5.74, 6) is 1.94. The molecule has 0 unspecified atom stereocenters. The first-order valence-corrected chi connectivity index (χ1v) is 7.44. The number of carbonyl (C=O) groups excluding carboxylic acids is 1. The third-order valence-electron chi connectivity index (χ3n) is 2.99. The van der Waals surface area contributed by atoms with Crippen LogP contribution >= 0.6 is 11.8 Å². The van der Waals surface area contributed by atoms with Gasteiger partial charge in [-0.3, -0.25) is 4.79 Å². The Hall–Kier alpha value is -0.960. The number of rotatable bonds is 4. The molecule has 17 heavy (non-hydrogen) atoms. The predicted molar refractivity (Wildman–Crippen MR) is 74.7 cm³/mol. The van der Waals surface area contributed by atoms with Crippen molar-refractivity contribution in [1.82, 2.24) is 0 Å². The molecule has 1 amide bonds. The molecule has 2 rings (SSSR count). The van der Waals surface area contributed by atoms with E-state index in [0.717, 1.165) is 37.2 Å². The maximum absolute atomic E-state index is 12.1. The fraction of sp³-hybridized carbons (Fsp3) is 0.500. The first-order valence-electron chi connectivity index (χ1n) is 6.29. The maximum Gasteiger partial charge on any atom is 0.236 e. The number of hydrogen-bond donors (Lipinski definition) is 0. The first-order chi connectivity index (χ1) is 8.33. The summed E-state index contributed by atoms with van der Waals surface area (Å²) in [6, 6.07) is 8.27. The van der Waals surface area contributed by atoms with Crippen LogP contribution in [0.1, 0.15) is 25.3 Å². The van der Waals surface area contributed by atoms with Gasteiger partial charge >= 0.3 is 0 Å². The minimum atomic E-state index is 0.260. The molecule has 0 saturated heterocycles. The van der Waals surface area contributed by atoms with Crippen LogP contribution in [0.25, 0.3) is 0 Å². The summed E-state index contributed by atoms with van der Waals surface area (Å²) in [4.78, 5) is 14.1. The van der Waals surface area contributed by atoms with Gasteiger partial charge in [0.15, 0.2) is 0 Å². The molecule has 3 heteroatoms. The molecule has 0 N–H and O–H groups in total. The fourth-order valence-corrected chi connectivity index (χ4v) is 2.94. The molecule has 0 fully saturated rings. The van der Waals surface area contributed by atoms with E-state index in [1.54, 1.807) is 11.8 Å². The van der Waals surface area contributed by atoms with Crippen LogP contribution in [-0.4, -0.2) is 24.0 Å². The standard InChI is InChI=1S/C14H19NOS/c1-2-10-17-11-14(16)15-9-5-7-12-6-3-4-8-13(12)15/h3-4,6,8H,2,5,7,9-11H2,1H3. The van der Waals surface area contributed by atoms with Gasteiger partial charge in [-0.25, -0.2) is 0 Å². The lowest BCUT2D eigenvalue weighted by Crippen LogP contribution is -2.36. The number of amides is 1. The van der Waals surface area contributed by atoms with E-state index in [4.69, 9.17) is 0 Å². The lowest BCUT2D eigenvalue weighted by atomic mass is 10.0. The molecule has 0 saturated carbocycles. The van der Waals surface area contributed by atoms with E-state index in [2.05, 4.69) is 25.1 Å². The van der Waals surface area contributed by atoms with Crippen molar-refractivity contribution in [2.45, 2.75) is 26.2 Å². The van der Waals surface area contributed by atoms with Crippen LogP contribution < -0.4 is 4.90 Å². The van der Waals surface area contributed by atoms with Crippen molar-refractivity contribution < 1.29 is 4.79 Å². The van der Waals surface area contributed by atoms with E-state index in [0.29, 0.717) is 5.75 Å². The van der Waals surface area contributed by atoms with Gasteiger partial charge in [0.05, 0.1) is 5.75 Å². The van der Waals surface area contributed by atoms with E-state index in [1.807, 2.05) is 11.0 Å². The summed E-state index contributed by atoms with van der Waals surface area (Å²) in [5.41, 5.74) is 2.44. The summed E-state index contributed by atoms with van der Waals surface area (Å²) in [6.07, 6.45) is 3.32. The molecular formula is C14H19NOS. The van der Waals surface area contributed by atoms with Gasteiger partial charge in [0, 0.05) is 12.2 Å². The summed E-state index contributed by atoms with van der Waals surface area (Å²) < 4.78 is 0. The number of nitrogens with zero attached hydrogens (tertiary/aromatic N) is 1. The van der Waals surface area contributed by atoms with E-state index in [9.17, 15) is 4.79 Å². The zero-order chi connectivity index (χ0) is 12.1. The molecule has 0 aromatic heterocycles. The van der Waals surface area contributed by atoms with Gasteiger partial charge in [-0.15, -0.1) is 0 Å². The van der Waals surface area contributed by atoms with Gasteiger partial charge in [0.1, 0.15) is 0 Å². The van der Waals surface area contributed by atoms with Crippen molar-refractivity contribution in [3.05, 3.63) is 29.8 Å². The van der Waals surface area contributed by atoms with E-state index < -0.39 is 0 Å². The summed E-state index contributed by atoms with van der Waals surface area (Å²) in [6.45, 7) is 3.02. The number of thioether (sulfide) groups is 1. The molecule has 0 bridgehead atoms. The number of para-hydroxylation sites is 1. The van der Waals surface area contributed by atoms with Crippen LogP contribution in [0.5, 0.6) is 0 Å². The van der Waals surface area contributed by atoms with Gasteiger partial charge in [-0.1, -0.05) is 25.1 Å². The van der Waals surface area contributed by atoms with Crippen molar-refractivity contribution in [2.75, 3.05) is 23.0 Å². The molecular weight excluding hydrogens is 230 g/mol. The highest BCUT2D eigenvalue weighted by molar-refractivity contribution is 7.99. The third-order valence-corrected chi connectivity index (χ3v) is 4.13. The molecule has 92 valence electrons. The minimum absolute atomic E-state index is 0.260. The Labute approximate surface area is 107 Å². The van der Waals surface area contributed by atoms with E-state index >= 15 is 0 Å². The second-order valence-electron chi connectivity index (χ2n) is 4.33. The van der Waals surface area contributed by atoms with Crippen molar-refractivity contribution in [1.29, 1.82) is 0 Å². The fourth-order valence-electron chi connectivity index (χ4n) is 2.17. The second kappa shape index (κ2) is 6.10. The van der Waals surface area contributed by atoms with Crippen molar-refractivity contribution in [3.63, 3.8) is 0 Å². The zero-order valence-electron chi connectivity index (χ0n) is 10.3. The highest BCUT2D eigenvalue weighted by Gasteiger charge is 2.21. The van der Waals surface area contributed by atoms with Crippen LogP contribution in [0, 0.1) is 0 Å². The molecule has 0 radical (unpaired) electrons. The minimum Gasteiger partial charge on any atom is -0.311 e. The molecule has 1 aromatic rings. The van der Waals surface area contributed by atoms with E-state index in [1.165, 1.54) is 5.56 Å². The molecule has 1 aliphatic rings. The summed E-state index contributed by atoms with van der Waals surface area (Å²) in [7, 11) is 0. The highest BCUT2D eigenvalue weighted by atomic mass is 32.2. The van der Waals surface area contributed by atoms with Crippen LogP contribution in [0.4, 0.5) is 5.69 Å². The molecule has 0 spiro atoms. The van der Waals surface area contributed by atoms with Gasteiger partial charge < -0.3 is 4.90 Å². The average Bonchev–Trinajstić information content (AvgIpc) is 2.38. The maximum atomic E-state index is 12.1. The second-order valence-corrected chi connectivity index (χ2v) is 5.44. The Balaban J connectivity index is 2.05. The van der Waals surface area contributed by atoms with Crippen molar-refractivity contribution in [3.8, 4) is 0 Å². The number of aryl methyl sites for hydroxylation is 1. The van der Waals surface area contributed by atoms with Gasteiger partial charge in [0.25, 0.3) is 0 Å². The Morgan fingerprint density at radius 2 is 2.24 bits per heavy atom. The molecule has 2 nitrogen and oxygen atoms in total. The largest absolute Gasteiger partial charge is 0.311 e. The number of anilines is 1. The number of hydrogen-bond acceptors (Lipinski definition) is 2. The van der Waals surface area contributed by atoms with Crippen LogP contribution in [0.15, 0.2) is 24.3 Å². The zero-order valence-corrected chi connectivity index (χ0v) is 11.1. The Kier molecular flexibility index (Phi) is 4.49. The van der Waals surface area contributed by atoms with Crippen LogP contribution in [0.2, 0.25) is 0 Å². The summed E-state index contributed by atoms with van der Waals surface area (Å²) in [5, 5.41) is 0. The molecule has 1 aromatic carbocycles. The monoisotopic (exact) mass is 249 g/mol. The normalized spacial score (nSPS) is 14.5. The topological polar surface area (TPSA) is 20.3 Å². The third kappa shape index (κ3) is 3.03. The lowest BCUT2D eigenvalue weighted by Gasteiger charge is -2.29. The van der Waals surface area contributed by atoms with Crippen LogP contribution in [-0.2, 0) is 11.2 Å². The first kappa shape index (κ1) is 12.5. The molecule has 1 heterocycles. The van der Waals surface area contributed by atoms with Crippen molar-refractivity contribution in [2.24, 2.45) is 0 Å². The Morgan fingerprint density at radius 1 is 1.41 bits per heavy atom. The number of benzene rings is 1. The van der Waals surface area contributed by atoms with Gasteiger partial charge in [0.2, 0.25) is 5.91 Å². The van der Waals surface area contributed by atoms with Crippen molar-refractivity contribution >= 4 is 23.4 Å². The number of carbonyl (C=O) groups is 1. The molecule has 1 aliphatic heterocycles. The Bertz CT molecular complexity index is 392. The number of fused-ring (bicyclic) bond motifs is 1. The Morgan fingerprint density at radius 3 is 3.06 bits per heavy atom. The summed E-state index contributed by atoms with van der Waals surface area (Å²) >= 11 is 1.74. The quantitative estimate of drug-likeness (QED) is 0.764. The molecule has 0 atom stereocenters. The lowest BCUT2D eigenvalue weighted by molar-refractivity contribution is -0.116. The van der Waals surface area contributed by atoms with Crippen LogP contribution in [0.3, 0.4) is 0 Å². The smallest absolute Gasteiger partial charge is 0.236 e. The van der Waals surface area contributed by atoms with Gasteiger partial charge in [-0.05, 0) is 36.6 Å². The molecule has 0 aliphatic carbocycles. The van der Waals surface area contributed by atoms with E-state index in [-0.39, 0.29) is 5.91 Å². The average molecular weight is 249 g/mol. The SMILES string of the molecule is CCCSCC(=O)N1CCCc2ccccc21.